The van der Waals surface area contributed by atoms with E-state index < -0.39 is 11.6 Å². The molecular formula is C19H20FN3O2. The Kier molecular flexibility index (Phi) is 4.44. The fourth-order valence-electron chi connectivity index (χ4n) is 2.84. The Morgan fingerprint density at radius 2 is 1.80 bits per heavy atom. The first-order chi connectivity index (χ1) is 11.9. The highest BCUT2D eigenvalue weighted by molar-refractivity contribution is 5.93. The second-order valence-corrected chi connectivity index (χ2v) is 6.35. The maximum absolute atomic E-state index is 14.0. The standard InChI is InChI=1S/C19H20FN3O2/c1-12-7-8-14(21-13(2)24)11-17(12)22-18(25)23-19(9-10-19)15-5-3-4-6-16(15)20/h3-8,11H,9-10H2,1-2H3,(H,21,24)(H2,22,23,25). The topological polar surface area (TPSA) is 70.2 Å². The van der Waals surface area contributed by atoms with Crippen LogP contribution in [0, 0.1) is 12.7 Å². The van der Waals surface area contributed by atoms with Gasteiger partial charge in [0.1, 0.15) is 5.82 Å². The second-order valence-electron chi connectivity index (χ2n) is 6.35. The molecule has 2 aromatic rings. The molecule has 0 atom stereocenters. The number of benzene rings is 2. The van der Waals surface area contributed by atoms with Crippen molar-refractivity contribution in [1.29, 1.82) is 0 Å². The fraction of sp³-hybridized carbons (Fsp3) is 0.263. The maximum Gasteiger partial charge on any atom is 0.319 e. The third-order valence-corrected chi connectivity index (χ3v) is 4.30. The minimum absolute atomic E-state index is 0.184. The molecule has 3 N–H and O–H groups in total. The van der Waals surface area contributed by atoms with E-state index in [1.54, 1.807) is 30.3 Å². The normalized spacial score (nSPS) is 14.5. The lowest BCUT2D eigenvalue weighted by Gasteiger charge is -2.20. The summed E-state index contributed by atoms with van der Waals surface area (Å²) in [5.74, 6) is -0.500. The predicted molar refractivity (Wildman–Crippen MR) is 94.9 cm³/mol. The molecule has 1 aliphatic rings. The van der Waals surface area contributed by atoms with Crippen molar-refractivity contribution < 1.29 is 14.0 Å². The van der Waals surface area contributed by atoms with Gasteiger partial charge < -0.3 is 16.0 Å². The monoisotopic (exact) mass is 341 g/mol. The Labute approximate surface area is 145 Å². The molecule has 6 heteroatoms. The molecule has 1 saturated carbocycles. The van der Waals surface area contributed by atoms with Crippen molar-refractivity contribution in [3.63, 3.8) is 0 Å². The molecule has 0 heterocycles. The minimum atomic E-state index is -0.640. The van der Waals surface area contributed by atoms with Gasteiger partial charge in [-0.2, -0.15) is 0 Å². The van der Waals surface area contributed by atoms with Gasteiger partial charge in [0.25, 0.3) is 0 Å². The van der Waals surface area contributed by atoms with Crippen molar-refractivity contribution >= 4 is 23.3 Å². The summed E-state index contributed by atoms with van der Waals surface area (Å²) in [6, 6.07) is 11.4. The summed E-state index contributed by atoms with van der Waals surface area (Å²) in [5.41, 5.74) is 1.92. The van der Waals surface area contributed by atoms with Gasteiger partial charge in [0, 0.05) is 23.9 Å². The number of urea groups is 1. The van der Waals surface area contributed by atoms with Gasteiger partial charge >= 0.3 is 6.03 Å². The van der Waals surface area contributed by atoms with Crippen molar-refractivity contribution in [3.8, 4) is 0 Å². The summed E-state index contributed by atoms with van der Waals surface area (Å²) < 4.78 is 14.0. The highest BCUT2D eigenvalue weighted by Crippen LogP contribution is 2.46. The number of halogens is 1. The number of nitrogens with one attached hydrogen (secondary N) is 3. The van der Waals surface area contributed by atoms with Crippen LogP contribution in [0.1, 0.15) is 30.9 Å². The smallest absolute Gasteiger partial charge is 0.319 e. The summed E-state index contributed by atoms with van der Waals surface area (Å²) in [7, 11) is 0. The van der Waals surface area contributed by atoms with E-state index in [9.17, 15) is 14.0 Å². The van der Waals surface area contributed by atoms with Gasteiger partial charge in [-0.1, -0.05) is 24.3 Å². The van der Waals surface area contributed by atoms with Crippen LogP contribution >= 0.6 is 0 Å². The third kappa shape index (κ3) is 3.79. The largest absolute Gasteiger partial charge is 0.328 e. The number of anilines is 2. The van der Waals surface area contributed by atoms with Crippen LogP contribution in [-0.4, -0.2) is 11.9 Å². The van der Waals surface area contributed by atoms with E-state index in [0.717, 1.165) is 5.56 Å². The number of carbonyl (C=O) groups is 2. The number of hydrogen-bond donors (Lipinski definition) is 3. The Morgan fingerprint density at radius 3 is 2.44 bits per heavy atom. The Morgan fingerprint density at radius 1 is 1.08 bits per heavy atom. The van der Waals surface area contributed by atoms with Crippen LogP contribution in [0.25, 0.3) is 0 Å². The molecule has 3 rings (SSSR count). The molecule has 0 saturated heterocycles. The quantitative estimate of drug-likeness (QED) is 0.789. The highest BCUT2D eigenvalue weighted by Gasteiger charge is 2.47. The molecule has 1 fully saturated rings. The molecule has 1 aliphatic carbocycles. The van der Waals surface area contributed by atoms with E-state index in [1.165, 1.54) is 13.0 Å². The van der Waals surface area contributed by atoms with Crippen LogP contribution in [0.5, 0.6) is 0 Å². The van der Waals surface area contributed by atoms with Crippen molar-refractivity contribution in [2.75, 3.05) is 10.6 Å². The van der Waals surface area contributed by atoms with Crippen molar-refractivity contribution in [2.24, 2.45) is 0 Å². The van der Waals surface area contributed by atoms with E-state index in [2.05, 4.69) is 16.0 Å². The van der Waals surface area contributed by atoms with Crippen LogP contribution in [0.15, 0.2) is 42.5 Å². The summed E-state index contributed by atoms with van der Waals surface area (Å²) in [6.45, 7) is 3.28. The van der Waals surface area contributed by atoms with E-state index in [4.69, 9.17) is 0 Å². The van der Waals surface area contributed by atoms with Gasteiger partial charge in [-0.25, -0.2) is 9.18 Å². The number of carbonyl (C=O) groups excluding carboxylic acids is 2. The van der Waals surface area contributed by atoms with Crippen LogP contribution in [0.3, 0.4) is 0 Å². The van der Waals surface area contributed by atoms with Gasteiger partial charge in [-0.05, 0) is 43.5 Å². The van der Waals surface area contributed by atoms with Gasteiger partial charge in [0.05, 0.1) is 5.54 Å². The van der Waals surface area contributed by atoms with Crippen LogP contribution in [-0.2, 0) is 10.3 Å². The van der Waals surface area contributed by atoms with Gasteiger partial charge in [0.2, 0.25) is 5.91 Å². The maximum atomic E-state index is 14.0. The summed E-state index contributed by atoms with van der Waals surface area (Å²) in [4.78, 5) is 23.6. The lowest BCUT2D eigenvalue weighted by atomic mass is 10.0. The summed E-state index contributed by atoms with van der Waals surface area (Å²) in [5, 5.41) is 8.35. The lowest BCUT2D eigenvalue weighted by Crippen LogP contribution is -2.38. The van der Waals surface area contributed by atoms with Gasteiger partial charge in [-0.15, -0.1) is 0 Å². The SMILES string of the molecule is CC(=O)Nc1ccc(C)c(NC(=O)NC2(c3ccccc3F)CC2)c1. The molecule has 0 aromatic heterocycles. The summed E-state index contributed by atoms with van der Waals surface area (Å²) >= 11 is 0. The third-order valence-electron chi connectivity index (χ3n) is 4.30. The summed E-state index contributed by atoms with van der Waals surface area (Å²) in [6.07, 6.45) is 1.40. The predicted octanol–water partition coefficient (Wildman–Crippen LogP) is 3.90. The van der Waals surface area contributed by atoms with E-state index in [1.807, 2.05) is 13.0 Å². The van der Waals surface area contributed by atoms with Crippen LogP contribution in [0.4, 0.5) is 20.6 Å². The van der Waals surface area contributed by atoms with Crippen molar-refractivity contribution in [1.82, 2.24) is 5.32 Å². The zero-order chi connectivity index (χ0) is 18.0. The molecule has 0 aliphatic heterocycles. The Hall–Kier alpha value is -2.89. The Bertz CT molecular complexity index is 831. The first kappa shape index (κ1) is 17.0. The average molecular weight is 341 g/mol. The molecular weight excluding hydrogens is 321 g/mol. The van der Waals surface area contributed by atoms with E-state index in [-0.39, 0.29) is 11.7 Å². The molecule has 5 nitrogen and oxygen atoms in total. The molecule has 25 heavy (non-hydrogen) atoms. The average Bonchev–Trinajstić information content (AvgIpc) is 3.31. The molecule has 0 unspecified atom stereocenters. The minimum Gasteiger partial charge on any atom is -0.328 e. The molecule has 130 valence electrons. The van der Waals surface area contributed by atoms with Crippen LogP contribution < -0.4 is 16.0 Å². The molecule has 0 radical (unpaired) electrons. The zero-order valence-corrected chi connectivity index (χ0v) is 14.2. The number of hydrogen-bond acceptors (Lipinski definition) is 2. The first-order valence-corrected chi connectivity index (χ1v) is 8.12. The van der Waals surface area contributed by atoms with Crippen molar-refractivity contribution in [3.05, 3.63) is 59.4 Å². The van der Waals surface area contributed by atoms with Gasteiger partial charge in [0.15, 0.2) is 0 Å². The molecule has 0 spiro atoms. The van der Waals surface area contributed by atoms with E-state index >= 15 is 0 Å². The Balaban J connectivity index is 1.73. The van der Waals surface area contributed by atoms with E-state index in [0.29, 0.717) is 29.8 Å². The molecule has 2 aromatic carbocycles. The number of amides is 3. The number of rotatable bonds is 4. The molecule has 3 amide bonds. The fourth-order valence-corrected chi connectivity index (χ4v) is 2.84. The zero-order valence-electron chi connectivity index (χ0n) is 14.2. The number of aryl methyl sites for hydroxylation is 1. The lowest BCUT2D eigenvalue weighted by molar-refractivity contribution is -0.114. The molecule has 0 bridgehead atoms. The van der Waals surface area contributed by atoms with Crippen LogP contribution in [0.2, 0.25) is 0 Å². The second kappa shape index (κ2) is 6.55. The van der Waals surface area contributed by atoms with Crippen molar-refractivity contribution in [2.45, 2.75) is 32.2 Å². The van der Waals surface area contributed by atoms with Gasteiger partial charge in [-0.3, -0.25) is 4.79 Å². The first-order valence-electron chi connectivity index (χ1n) is 8.12. The highest BCUT2D eigenvalue weighted by atomic mass is 19.1.